The number of rotatable bonds is 3. The average molecular weight is 439 g/mol. The van der Waals surface area contributed by atoms with Gasteiger partial charge in [0.1, 0.15) is 24.1 Å². The summed E-state index contributed by atoms with van der Waals surface area (Å²) in [6.45, 7) is 2.97. The van der Waals surface area contributed by atoms with Gasteiger partial charge in [-0.3, -0.25) is 14.2 Å². The molecule has 0 aliphatic carbocycles. The third-order valence-corrected chi connectivity index (χ3v) is 5.56. The van der Waals surface area contributed by atoms with Crippen LogP contribution in [0.15, 0.2) is 12.7 Å². The number of aromatic amines is 1. The van der Waals surface area contributed by atoms with Gasteiger partial charge >= 0.3 is 15.6 Å². The van der Waals surface area contributed by atoms with Gasteiger partial charge in [0, 0.05) is 0 Å². The SMILES string of the molecule is CC1(C)OC[C@@H]2O[C@H](n3cnc4nc[nH]c4c3=N)[C@@H](OS(=O)(=O)C(F)(F)F)[C@@H]2O1. The minimum Gasteiger partial charge on any atom is -0.348 e. The predicted molar refractivity (Wildman–Crippen MR) is 86.4 cm³/mol. The molecule has 0 radical (unpaired) electrons. The number of halogens is 3. The van der Waals surface area contributed by atoms with Gasteiger partial charge in [-0.15, -0.1) is 0 Å². The molecule has 4 heterocycles. The summed E-state index contributed by atoms with van der Waals surface area (Å²) in [5, 5.41) is 8.28. The van der Waals surface area contributed by atoms with Gasteiger partial charge in [-0.25, -0.2) is 9.97 Å². The molecule has 0 bridgehead atoms. The van der Waals surface area contributed by atoms with Crippen molar-refractivity contribution in [2.75, 3.05) is 6.61 Å². The maximum Gasteiger partial charge on any atom is 0.523 e. The lowest BCUT2D eigenvalue weighted by Gasteiger charge is -2.38. The van der Waals surface area contributed by atoms with E-state index in [1.807, 2.05) is 0 Å². The third kappa shape index (κ3) is 3.42. The molecule has 29 heavy (non-hydrogen) atoms. The fraction of sp³-hybridized carbons (Fsp3) is 0.643. The molecule has 11 nitrogen and oxygen atoms in total. The van der Waals surface area contributed by atoms with Crippen molar-refractivity contribution in [1.82, 2.24) is 19.5 Å². The maximum absolute atomic E-state index is 12.9. The van der Waals surface area contributed by atoms with E-state index in [-0.39, 0.29) is 23.3 Å². The number of hydrogen-bond acceptors (Lipinski definition) is 9. The normalized spacial score (nSPS) is 29.8. The van der Waals surface area contributed by atoms with Gasteiger partial charge in [0.15, 0.2) is 29.3 Å². The standard InChI is InChI=1S/C14H16F3N5O6S/c1-13(2)25-3-6-8(27-13)9(28-29(23,24)14(15,16)17)12(26-6)22-5-21-11-7(10(22)18)19-4-20-11/h4-6,8-9,12,18H,3H2,1-2H3,(H,19,20)/t6-,8+,9-,12-/m0/s1. The molecule has 4 atom stereocenters. The number of aromatic nitrogens is 4. The Morgan fingerprint density at radius 2 is 2.10 bits per heavy atom. The van der Waals surface area contributed by atoms with Gasteiger partial charge in [-0.1, -0.05) is 0 Å². The summed E-state index contributed by atoms with van der Waals surface area (Å²) in [6.07, 6.45) is -2.93. The third-order valence-electron chi connectivity index (χ3n) is 4.51. The fourth-order valence-electron chi connectivity index (χ4n) is 3.21. The molecular weight excluding hydrogens is 423 g/mol. The first-order chi connectivity index (χ1) is 13.4. The highest BCUT2D eigenvalue weighted by atomic mass is 32.2. The summed E-state index contributed by atoms with van der Waals surface area (Å²) in [5.41, 5.74) is -5.51. The lowest BCUT2D eigenvalue weighted by Crippen LogP contribution is -2.51. The molecule has 2 aliphatic heterocycles. The Hall–Kier alpha value is -2.07. The van der Waals surface area contributed by atoms with E-state index in [0.29, 0.717) is 0 Å². The lowest BCUT2D eigenvalue weighted by atomic mass is 10.1. The van der Waals surface area contributed by atoms with E-state index < -0.39 is 46.0 Å². The molecule has 160 valence electrons. The molecule has 2 saturated heterocycles. The second-order valence-electron chi connectivity index (χ2n) is 6.92. The van der Waals surface area contributed by atoms with Crippen LogP contribution in [0.3, 0.4) is 0 Å². The quantitative estimate of drug-likeness (QED) is 0.521. The Morgan fingerprint density at radius 3 is 2.79 bits per heavy atom. The molecule has 0 spiro atoms. The number of H-pyrrole nitrogens is 1. The van der Waals surface area contributed by atoms with Crippen molar-refractivity contribution < 1.29 is 40.0 Å². The summed E-state index contributed by atoms with van der Waals surface area (Å²) in [6, 6.07) is 0. The van der Waals surface area contributed by atoms with Crippen LogP contribution in [0.2, 0.25) is 0 Å². The van der Waals surface area contributed by atoms with Gasteiger partial charge in [0.2, 0.25) is 0 Å². The zero-order valence-electron chi connectivity index (χ0n) is 15.0. The summed E-state index contributed by atoms with van der Waals surface area (Å²) in [7, 11) is -5.97. The molecule has 0 amide bonds. The summed E-state index contributed by atoms with van der Waals surface area (Å²) < 4.78 is 84.6. The molecule has 0 saturated carbocycles. The molecular formula is C14H16F3N5O6S. The van der Waals surface area contributed by atoms with Gasteiger partial charge < -0.3 is 19.2 Å². The zero-order valence-corrected chi connectivity index (χ0v) is 15.8. The van der Waals surface area contributed by atoms with E-state index in [2.05, 4.69) is 19.1 Å². The number of nitrogens with one attached hydrogen (secondary N) is 2. The van der Waals surface area contributed by atoms with E-state index >= 15 is 0 Å². The molecule has 2 aromatic rings. The van der Waals surface area contributed by atoms with Crippen molar-refractivity contribution in [2.24, 2.45) is 0 Å². The zero-order chi connectivity index (χ0) is 21.2. The second kappa shape index (κ2) is 6.46. The maximum atomic E-state index is 12.9. The largest absolute Gasteiger partial charge is 0.523 e. The number of fused-ring (bicyclic) bond motifs is 2. The van der Waals surface area contributed by atoms with Crippen molar-refractivity contribution in [3.8, 4) is 0 Å². The Kier molecular flexibility index (Phi) is 4.51. The Morgan fingerprint density at radius 1 is 1.38 bits per heavy atom. The monoisotopic (exact) mass is 439 g/mol. The highest BCUT2D eigenvalue weighted by Gasteiger charge is 2.58. The van der Waals surface area contributed by atoms with E-state index in [9.17, 15) is 21.6 Å². The van der Waals surface area contributed by atoms with Crippen molar-refractivity contribution in [3.63, 3.8) is 0 Å². The average Bonchev–Trinajstić information content (AvgIpc) is 3.19. The van der Waals surface area contributed by atoms with Crippen LogP contribution in [0.5, 0.6) is 0 Å². The number of imidazole rings is 1. The highest BCUT2D eigenvalue weighted by molar-refractivity contribution is 7.87. The van der Waals surface area contributed by atoms with Gasteiger partial charge in [-0.05, 0) is 13.8 Å². The van der Waals surface area contributed by atoms with Crippen molar-refractivity contribution in [2.45, 2.75) is 49.7 Å². The highest BCUT2D eigenvalue weighted by Crippen LogP contribution is 2.41. The van der Waals surface area contributed by atoms with Gasteiger partial charge in [-0.2, -0.15) is 21.6 Å². The second-order valence-corrected chi connectivity index (χ2v) is 8.48. The molecule has 2 fully saturated rings. The lowest BCUT2D eigenvalue weighted by molar-refractivity contribution is -0.299. The first-order valence-electron chi connectivity index (χ1n) is 8.31. The summed E-state index contributed by atoms with van der Waals surface area (Å²) in [4.78, 5) is 10.6. The predicted octanol–water partition coefficient (Wildman–Crippen LogP) is 0.523. The number of ether oxygens (including phenoxy) is 3. The number of hydrogen-bond donors (Lipinski definition) is 2. The Bertz CT molecular complexity index is 1100. The molecule has 2 N–H and O–H groups in total. The van der Waals surface area contributed by atoms with E-state index in [0.717, 1.165) is 10.9 Å². The fourth-order valence-corrected chi connectivity index (χ4v) is 3.82. The summed E-state index contributed by atoms with van der Waals surface area (Å²) in [5.74, 6) is -1.21. The molecule has 2 aliphatic rings. The topological polar surface area (TPSA) is 141 Å². The minimum atomic E-state index is -5.97. The minimum absolute atomic E-state index is 0.0757. The summed E-state index contributed by atoms with van der Waals surface area (Å²) >= 11 is 0. The first-order valence-corrected chi connectivity index (χ1v) is 9.72. The molecule has 4 rings (SSSR count). The van der Waals surface area contributed by atoms with Crippen LogP contribution in [0.1, 0.15) is 20.1 Å². The molecule has 0 unspecified atom stereocenters. The Labute approximate surface area is 161 Å². The molecule has 2 aromatic heterocycles. The van der Waals surface area contributed by atoms with Crippen LogP contribution < -0.4 is 5.49 Å². The molecule has 0 aromatic carbocycles. The van der Waals surface area contributed by atoms with Crippen molar-refractivity contribution in [3.05, 3.63) is 18.1 Å². The van der Waals surface area contributed by atoms with Crippen molar-refractivity contribution >= 4 is 21.3 Å². The van der Waals surface area contributed by atoms with Crippen LogP contribution in [-0.4, -0.2) is 64.2 Å². The number of alkyl halides is 3. The van der Waals surface area contributed by atoms with Crippen LogP contribution >= 0.6 is 0 Å². The van der Waals surface area contributed by atoms with E-state index in [1.165, 1.54) is 20.2 Å². The Balaban J connectivity index is 1.78. The van der Waals surface area contributed by atoms with E-state index in [1.54, 1.807) is 0 Å². The van der Waals surface area contributed by atoms with Crippen LogP contribution in [0.25, 0.3) is 11.2 Å². The van der Waals surface area contributed by atoms with E-state index in [4.69, 9.17) is 19.6 Å². The van der Waals surface area contributed by atoms with Crippen molar-refractivity contribution in [1.29, 1.82) is 5.41 Å². The molecule has 15 heteroatoms. The van der Waals surface area contributed by atoms with Crippen LogP contribution in [0, 0.1) is 5.41 Å². The smallest absolute Gasteiger partial charge is 0.348 e. The first kappa shape index (κ1) is 20.2. The van der Waals surface area contributed by atoms with Crippen LogP contribution in [0.4, 0.5) is 13.2 Å². The van der Waals surface area contributed by atoms with Gasteiger partial charge in [0.05, 0.1) is 12.9 Å². The van der Waals surface area contributed by atoms with Gasteiger partial charge in [0.25, 0.3) is 0 Å². The number of nitrogens with zero attached hydrogens (tertiary/aromatic N) is 3. The van der Waals surface area contributed by atoms with Crippen LogP contribution in [-0.2, 0) is 28.5 Å².